The Morgan fingerprint density at radius 1 is 1.14 bits per heavy atom. The maximum Gasteiger partial charge on any atom is 0.309 e. The van der Waals surface area contributed by atoms with E-state index >= 15 is 0 Å². The molecule has 0 bridgehead atoms. The van der Waals surface area contributed by atoms with E-state index in [1.807, 2.05) is 0 Å². The van der Waals surface area contributed by atoms with Crippen LogP contribution in [0.5, 0.6) is 0 Å². The van der Waals surface area contributed by atoms with Crippen molar-refractivity contribution < 1.29 is 14.6 Å². The van der Waals surface area contributed by atoms with Gasteiger partial charge in [-0.3, -0.25) is 26.5 Å². The molecular weight excluding hydrogens is 284 g/mol. The first-order valence-corrected chi connectivity index (χ1v) is 8.42. The summed E-state index contributed by atoms with van der Waals surface area (Å²) in [6.45, 7) is 4.38. The van der Waals surface area contributed by atoms with E-state index in [4.69, 9.17) is 9.84 Å². The number of esters is 1. The van der Waals surface area contributed by atoms with Crippen LogP contribution in [0.1, 0.15) is 45.4 Å². The van der Waals surface area contributed by atoms with Crippen molar-refractivity contribution in [1.29, 1.82) is 0 Å². The molecule has 4 fully saturated rings. The predicted molar refractivity (Wildman–Crippen MR) is 81.6 cm³/mol. The molecule has 0 aromatic rings. The molecule has 2 saturated heterocycles. The minimum atomic E-state index is 0.0106. The van der Waals surface area contributed by atoms with Crippen molar-refractivity contribution in [2.75, 3.05) is 19.7 Å². The highest BCUT2D eigenvalue weighted by Gasteiger charge is 2.54. The normalized spacial score (nSPS) is 41.4. The largest absolute Gasteiger partial charge is 0.462 e. The molecular formula is C15H28N4O3. The molecule has 0 amide bonds. The van der Waals surface area contributed by atoms with Crippen LogP contribution in [-0.2, 0) is 9.53 Å². The third kappa shape index (κ3) is 3.14. The van der Waals surface area contributed by atoms with Crippen LogP contribution < -0.4 is 21.7 Å². The van der Waals surface area contributed by atoms with Gasteiger partial charge in [0.1, 0.15) is 6.10 Å². The molecule has 0 atom stereocenters. The minimum Gasteiger partial charge on any atom is -0.462 e. The number of aliphatic hydroxyl groups is 1. The third-order valence-electron chi connectivity index (χ3n) is 5.20. The van der Waals surface area contributed by atoms with Crippen LogP contribution in [0.15, 0.2) is 0 Å². The molecule has 4 aliphatic rings. The highest BCUT2D eigenvalue weighted by atomic mass is 16.5. The van der Waals surface area contributed by atoms with Crippen LogP contribution in [0.25, 0.3) is 0 Å². The van der Waals surface area contributed by atoms with Gasteiger partial charge in [0.2, 0.25) is 0 Å². The number of ether oxygens (including phenoxy) is 1. The van der Waals surface area contributed by atoms with Crippen LogP contribution in [0.4, 0.5) is 0 Å². The number of nitrogens with one attached hydrogen (secondary N) is 4. The van der Waals surface area contributed by atoms with E-state index in [9.17, 15) is 4.79 Å². The number of rotatable bonds is 4. The quantitative estimate of drug-likeness (QED) is 0.450. The molecule has 7 nitrogen and oxygen atoms in total. The topological polar surface area (TPSA) is 94.7 Å². The molecule has 0 unspecified atom stereocenters. The van der Waals surface area contributed by atoms with Crippen LogP contribution in [0.3, 0.4) is 0 Å². The van der Waals surface area contributed by atoms with Crippen molar-refractivity contribution in [3.63, 3.8) is 0 Å². The lowest BCUT2D eigenvalue weighted by atomic mass is 9.66. The lowest BCUT2D eigenvalue weighted by molar-refractivity contribution is -0.174. The first-order chi connectivity index (χ1) is 10.6. The smallest absolute Gasteiger partial charge is 0.309 e. The van der Waals surface area contributed by atoms with Gasteiger partial charge in [-0.1, -0.05) is 13.3 Å². The highest BCUT2D eigenvalue weighted by Crippen LogP contribution is 2.42. The Morgan fingerprint density at radius 2 is 1.68 bits per heavy atom. The van der Waals surface area contributed by atoms with Crippen LogP contribution in [-0.4, -0.2) is 48.0 Å². The first kappa shape index (κ1) is 16.1. The fourth-order valence-electron chi connectivity index (χ4n) is 3.53. The van der Waals surface area contributed by atoms with Crippen molar-refractivity contribution >= 4 is 5.97 Å². The monoisotopic (exact) mass is 312 g/mol. The van der Waals surface area contributed by atoms with E-state index in [1.165, 1.54) is 0 Å². The average molecular weight is 312 g/mol. The minimum absolute atomic E-state index is 0.0106. The van der Waals surface area contributed by atoms with E-state index in [2.05, 4.69) is 28.6 Å². The van der Waals surface area contributed by atoms with E-state index in [-0.39, 0.29) is 29.1 Å². The predicted octanol–water partition coefficient (Wildman–Crippen LogP) is -0.426. The van der Waals surface area contributed by atoms with E-state index in [0.29, 0.717) is 6.61 Å². The molecule has 2 aliphatic carbocycles. The lowest BCUT2D eigenvalue weighted by Gasteiger charge is -2.56. The van der Waals surface area contributed by atoms with Gasteiger partial charge >= 0.3 is 5.97 Å². The summed E-state index contributed by atoms with van der Waals surface area (Å²) in [5.74, 6) is 0.130. The molecule has 22 heavy (non-hydrogen) atoms. The summed E-state index contributed by atoms with van der Waals surface area (Å²) in [5.41, 5.74) is 12.9. The molecule has 126 valence electrons. The van der Waals surface area contributed by atoms with Gasteiger partial charge in [0, 0.05) is 38.1 Å². The van der Waals surface area contributed by atoms with Crippen molar-refractivity contribution in [1.82, 2.24) is 21.7 Å². The third-order valence-corrected chi connectivity index (χ3v) is 5.20. The number of hydrazine groups is 2. The van der Waals surface area contributed by atoms with Gasteiger partial charge in [-0.05, 0) is 19.3 Å². The molecule has 0 aromatic heterocycles. The summed E-state index contributed by atoms with van der Waals surface area (Å²) >= 11 is 0. The van der Waals surface area contributed by atoms with Crippen LogP contribution >= 0.6 is 0 Å². The standard InChI is InChI=1S/C11H18N4O2.C4H10O/c16-9(7-1-10(2-7)5-12-14-10)17-8-3-11(4-8)6-13-15-11;1-2-3-4-5/h7-8,12-15H,1-6H2;5H,2-4H2,1H3. The Hall–Kier alpha value is -0.730. The molecule has 2 saturated carbocycles. The Bertz CT molecular complexity index is 392. The average Bonchev–Trinajstić information content (AvgIpc) is 2.29. The van der Waals surface area contributed by atoms with E-state index < -0.39 is 0 Å². The molecule has 7 heteroatoms. The number of carbonyl (C=O) groups excluding carboxylic acids is 1. The van der Waals surface area contributed by atoms with Gasteiger partial charge in [0.15, 0.2) is 0 Å². The lowest BCUT2D eigenvalue weighted by Crippen LogP contribution is -2.77. The van der Waals surface area contributed by atoms with Gasteiger partial charge in [-0.2, -0.15) is 0 Å². The van der Waals surface area contributed by atoms with Crippen LogP contribution in [0, 0.1) is 5.92 Å². The molecule has 0 radical (unpaired) electrons. The first-order valence-electron chi connectivity index (χ1n) is 8.42. The summed E-state index contributed by atoms with van der Waals surface area (Å²) in [4.78, 5) is 11.9. The van der Waals surface area contributed by atoms with Gasteiger partial charge in [0.25, 0.3) is 0 Å². The number of aliphatic hydroxyl groups excluding tert-OH is 1. The van der Waals surface area contributed by atoms with Crippen molar-refractivity contribution in [2.45, 2.75) is 62.6 Å². The summed E-state index contributed by atoms with van der Waals surface area (Å²) in [6, 6.07) is 0. The summed E-state index contributed by atoms with van der Waals surface area (Å²) in [6.07, 6.45) is 5.96. The summed E-state index contributed by atoms with van der Waals surface area (Å²) in [5, 5.41) is 8.07. The zero-order chi connectivity index (χ0) is 15.6. The molecule has 2 heterocycles. The van der Waals surface area contributed by atoms with E-state index in [0.717, 1.165) is 51.6 Å². The Labute approximate surface area is 131 Å². The molecule has 5 N–H and O–H groups in total. The second kappa shape index (κ2) is 6.41. The van der Waals surface area contributed by atoms with Crippen LogP contribution in [0.2, 0.25) is 0 Å². The van der Waals surface area contributed by atoms with Gasteiger partial charge in [0.05, 0.1) is 11.5 Å². The second-order valence-electron chi connectivity index (χ2n) is 7.17. The number of hydrogen-bond donors (Lipinski definition) is 5. The van der Waals surface area contributed by atoms with Crippen molar-refractivity contribution in [2.24, 2.45) is 5.92 Å². The van der Waals surface area contributed by atoms with Gasteiger partial charge in [-0.25, -0.2) is 0 Å². The maximum atomic E-state index is 11.9. The maximum absolute atomic E-state index is 11.9. The zero-order valence-corrected chi connectivity index (χ0v) is 13.3. The molecule has 2 spiro atoms. The van der Waals surface area contributed by atoms with E-state index in [1.54, 1.807) is 0 Å². The SMILES string of the molecule is CCCCO.O=C(OC1CC2(CNN2)C1)C1CC2(CNN2)C1. The van der Waals surface area contributed by atoms with Crippen molar-refractivity contribution in [3.8, 4) is 0 Å². The van der Waals surface area contributed by atoms with Gasteiger partial charge < -0.3 is 9.84 Å². The fraction of sp³-hybridized carbons (Fsp3) is 0.933. The summed E-state index contributed by atoms with van der Waals surface area (Å²) < 4.78 is 5.53. The number of carbonyl (C=O) groups is 1. The fourth-order valence-corrected chi connectivity index (χ4v) is 3.53. The molecule has 2 aliphatic heterocycles. The Kier molecular flexibility index (Phi) is 4.70. The number of unbranched alkanes of at least 4 members (excludes halogenated alkanes) is 1. The highest BCUT2D eigenvalue weighted by molar-refractivity contribution is 5.74. The number of hydrogen-bond acceptors (Lipinski definition) is 7. The Balaban J connectivity index is 0.000000254. The Morgan fingerprint density at radius 3 is 2.05 bits per heavy atom. The molecule has 4 rings (SSSR count). The van der Waals surface area contributed by atoms with Crippen molar-refractivity contribution in [3.05, 3.63) is 0 Å². The van der Waals surface area contributed by atoms with Gasteiger partial charge in [-0.15, -0.1) is 0 Å². The zero-order valence-electron chi connectivity index (χ0n) is 13.3. The molecule has 0 aromatic carbocycles. The summed E-state index contributed by atoms with van der Waals surface area (Å²) in [7, 11) is 0. The second-order valence-corrected chi connectivity index (χ2v) is 7.17.